The summed E-state index contributed by atoms with van der Waals surface area (Å²) in [6.07, 6.45) is 0.156. The van der Waals surface area contributed by atoms with Gasteiger partial charge in [-0.3, -0.25) is 20.4 Å². The Morgan fingerprint density at radius 3 is 2.47 bits per heavy atom. The van der Waals surface area contributed by atoms with Gasteiger partial charge < -0.3 is 14.4 Å². The van der Waals surface area contributed by atoms with Gasteiger partial charge in [0.05, 0.1) is 18.7 Å². The Hall–Kier alpha value is -3.42. The molecule has 1 saturated heterocycles. The molecule has 1 aliphatic rings. The molecule has 0 aromatic heterocycles. The molecular weight excluding hydrogens is 477 g/mol. The highest BCUT2D eigenvalue weighted by Gasteiger charge is 2.35. The number of para-hydroxylation sites is 1. The first kappa shape index (κ1) is 23.7. The number of nitrogens with zero attached hydrogens (tertiary/aromatic N) is 1. The number of anilines is 2. The average Bonchev–Trinajstić information content (AvgIpc) is 3.24. The zero-order valence-corrected chi connectivity index (χ0v) is 19.9. The lowest BCUT2D eigenvalue weighted by molar-refractivity contribution is -0.125. The minimum Gasteiger partial charge on any atom is -0.493 e. The van der Waals surface area contributed by atoms with Crippen molar-refractivity contribution in [2.75, 3.05) is 24.0 Å². The largest absolute Gasteiger partial charge is 0.493 e. The van der Waals surface area contributed by atoms with Crippen LogP contribution in [-0.4, -0.2) is 25.5 Å². The van der Waals surface area contributed by atoms with E-state index in [0.717, 1.165) is 5.69 Å². The number of carbonyl (C=O) groups excluding carboxylic acids is 2. The van der Waals surface area contributed by atoms with Crippen LogP contribution in [0.15, 0.2) is 66.7 Å². The number of methoxy groups -OCH3 is 1. The van der Waals surface area contributed by atoms with Gasteiger partial charge in [-0.2, -0.15) is 0 Å². The maximum atomic E-state index is 12.7. The predicted molar refractivity (Wildman–Crippen MR) is 132 cm³/mol. The maximum Gasteiger partial charge on any atom is 0.243 e. The van der Waals surface area contributed by atoms with Crippen LogP contribution in [0.5, 0.6) is 11.5 Å². The molecule has 3 aromatic carbocycles. The summed E-state index contributed by atoms with van der Waals surface area (Å²) < 4.78 is 11.3. The summed E-state index contributed by atoms with van der Waals surface area (Å²) in [7, 11) is 1.52. The third kappa shape index (κ3) is 5.38. The van der Waals surface area contributed by atoms with Crippen molar-refractivity contribution >= 4 is 46.4 Å². The molecular formula is C25H23Cl2N3O4. The molecule has 0 aliphatic carbocycles. The van der Waals surface area contributed by atoms with Gasteiger partial charge in [0.2, 0.25) is 11.8 Å². The van der Waals surface area contributed by atoms with Crippen LogP contribution in [0.4, 0.5) is 11.4 Å². The quantitative estimate of drug-likeness (QED) is 0.422. The van der Waals surface area contributed by atoms with Gasteiger partial charge in [0.1, 0.15) is 6.61 Å². The molecule has 176 valence electrons. The summed E-state index contributed by atoms with van der Waals surface area (Å²) in [4.78, 5) is 26.7. The first-order valence-corrected chi connectivity index (χ1v) is 11.4. The molecule has 0 spiro atoms. The molecule has 7 nitrogen and oxygen atoms in total. The van der Waals surface area contributed by atoms with E-state index in [-0.39, 0.29) is 24.8 Å². The number of benzene rings is 3. The topological polar surface area (TPSA) is 79.9 Å². The van der Waals surface area contributed by atoms with E-state index in [9.17, 15) is 9.59 Å². The molecule has 0 unspecified atom stereocenters. The van der Waals surface area contributed by atoms with Gasteiger partial charge in [-0.25, -0.2) is 0 Å². The van der Waals surface area contributed by atoms with Crippen molar-refractivity contribution in [3.63, 3.8) is 0 Å². The van der Waals surface area contributed by atoms with Gasteiger partial charge in [-0.05, 0) is 36.4 Å². The van der Waals surface area contributed by atoms with E-state index in [2.05, 4.69) is 10.9 Å². The Kier molecular flexibility index (Phi) is 7.45. The van der Waals surface area contributed by atoms with Crippen molar-refractivity contribution in [1.29, 1.82) is 0 Å². The minimum absolute atomic E-state index is 0.0758. The fourth-order valence-electron chi connectivity index (χ4n) is 3.66. The van der Waals surface area contributed by atoms with E-state index < -0.39 is 5.92 Å². The lowest BCUT2D eigenvalue weighted by atomic mass is 10.1. The maximum absolute atomic E-state index is 12.7. The van der Waals surface area contributed by atoms with Crippen molar-refractivity contribution in [2.24, 2.45) is 5.92 Å². The van der Waals surface area contributed by atoms with Crippen molar-refractivity contribution in [2.45, 2.75) is 13.0 Å². The van der Waals surface area contributed by atoms with Crippen LogP contribution in [0, 0.1) is 5.92 Å². The van der Waals surface area contributed by atoms with E-state index in [4.69, 9.17) is 32.7 Å². The number of nitrogens with one attached hydrogen (secondary N) is 2. The van der Waals surface area contributed by atoms with Crippen LogP contribution < -0.4 is 25.2 Å². The number of ether oxygens (including phenoxy) is 2. The Morgan fingerprint density at radius 2 is 1.76 bits per heavy atom. The fraction of sp³-hybridized carbons (Fsp3) is 0.200. The summed E-state index contributed by atoms with van der Waals surface area (Å²) >= 11 is 12.4. The van der Waals surface area contributed by atoms with Crippen LogP contribution in [0.1, 0.15) is 12.0 Å². The number of rotatable bonds is 8. The van der Waals surface area contributed by atoms with Gasteiger partial charge >= 0.3 is 0 Å². The molecule has 1 aliphatic heterocycles. The Balaban J connectivity index is 1.35. The number of hydrazine groups is 1. The molecule has 34 heavy (non-hydrogen) atoms. The summed E-state index contributed by atoms with van der Waals surface area (Å²) in [6, 6.07) is 19.7. The fourth-order valence-corrected chi connectivity index (χ4v) is 4.17. The highest BCUT2D eigenvalue weighted by Crippen LogP contribution is 2.33. The average molecular weight is 500 g/mol. The second-order valence-electron chi connectivity index (χ2n) is 7.71. The van der Waals surface area contributed by atoms with E-state index in [1.165, 1.54) is 7.11 Å². The van der Waals surface area contributed by atoms with Gasteiger partial charge in [-0.15, -0.1) is 0 Å². The summed E-state index contributed by atoms with van der Waals surface area (Å²) in [6.45, 7) is 0.503. The first-order valence-electron chi connectivity index (χ1n) is 10.6. The summed E-state index contributed by atoms with van der Waals surface area (Å²) in [5.74, 6) is 0.168. The standard InChI is InChI=1S/C25H23Cl2N3O4/c1-33-23-13-17(10-11-22(23)34-15-19-20(26)8-5-9-21(19)27)28-29-25(32)16-12-24(31)30(14-16)18-6-3-2-4-7-18/h2-11,13,16,28H,12,14-15H2,1H3,(H,29,32)/t16-/m0/s1. The summed E-state index contributed by atoms with van der Waals surface area (Å²) in [5, 5.41) is 1.03. The number of carbonyl (C=O) groups is 2. The van der Waals surface area contributed by atoms with Crippen LogP contribution in [0.25, 0.3) is 0 Å². The van der Waals surface area contributed by atoms with E-state index in [1.807, 2.05) is 30.3 Å². The van der Waals surface area contributed by atoms with Gasteiger partial charge in [-0.1, -0.05) is 47.5 Å². The normalized spacial score (nSPS) is 15.2. The number of hydrogen-bond donors (Lipinski definition) is 2. The van der Waals surface area contributed by atoms with E-state index in [0.29, 0.717) is 39.3 Å². The Labute approximate surface area is 207 Å². The van der Waals surface area contributed by atoms with Crippen molar-refractivity contribution in [3.05, 3.63) is 82.3 Å². The molecule has 0 saturated carbocycles. The zero-order valence-electron chi connectivity index (χ0n) is 18.4. The molecule has 1 atom stereocenters. The molecule has 0 radical (unpaired) electrons. The highest BCUT2D eigenvalue weighted by atomic mass is 35.5. The zero-order chi connectivity index (χ0) is 24.1. The Morgan fingerprint density at radius 1 is 1.03 bits per heavy atom. The number of hydrogen-bond acceptors (Lipinski definition) is 5. The van der Waals surface area contributed by atoms with Crippen LogP contribution >= 0.6 is 23.2 Å². The van der Waals surface area contributed by atoms with Crippen LogP contribution in [0.2, 0.25) is 10.0 Å². The van der Waals surface area contributed by atoms with E-state index in [1.54, 1.807) is 41.3 Å². The SMILES string of the molecule is COc1cc(NNC(=O)[C@H]2CC(=O)N(c3ccccc3)C2)ccc1OCc1c(Cl)cccc1Cl. The smallest absolute Gasteiger partial charge is 0.243 e. The van der Waals surface area contributed by atoms with Crippen LogP contribution in [0.3, 0.4) is 0 Å². The van der Waals surface area contributed by atoms with Gasteiger partial charge in [0.15, 0.2) is 11.5 Å². The summed E-state index contributed by atoms with van der Waals surface area (Å²) in [5.41, 5.74) is 7.62. The molecule has 1 heterocycles. The lowest BCUT2D eigenvalue weighted by Crippen LogP contribution is -2.36. The monoisotopic (exact) mass is 499 g/mol. The Bertz CT molecular complexity index is 1170. The molecule has 3 aromatic rings. The lowest BCUT2D eigenvalue weighted by Gasteiger charge is -2.17. The number of halogens is 2. The number of amides is 2. The second kappa shape index (κ2) is 10.7. The molecule has 9 heteroatoms. The van der Waals surface area contributed by atoms with Crippen molar-refractivity contribution in [3.8, 4) is 11.5 Å². The molecule has 1 fully saturated rings. The minimum atomic E-state index is -0.454. The van der Waals surface area contributed by atoms with Gasteiger partial charge in [0, 0.05) is 40.3 Å². The van der Waals surface area contributed by atoms with Crippen LogP contribution in [-0.2, 0) is 16.2 Å². The van der Waals surface area contributed by atoms with E-state index >= 15 is 0 Å². The molecule has 2 amide bonds. The third-order valence-corrected chi connectivity index (χ3v) is 6.20. The molecule has 0 bridgehead atoms. The van der Waals surface area contributed by atoms with Crippen molar-refractivity contribution < 1.29 is 19.1 Å². The molecule has 2 N–H and O–H groups in total. The first-order chi connectivity index (χ1) is 16.5. The highest BCUT2D eigenvalue weighted by molar-refractivity contribution is 6.35. The second-order valence-corrected chi connectivity index (χ2v) is 8.52. The molecule has 4 rings (SSSR count). The van der Waals surface area contributed by atoms with Gasteiger partial charge in [0.25, 0.3) is 0 Å². The predicted octanol–water partition coefficient (Wildman–Crippen LogP) is 5.08. The third-order valence-electron chi connectivity index (χ3n) is 5.49. The van der Waals surface area contributed by atoms with Crippen molar-refractivity contribution in [1.82, 2.24) is 5.43 Å².